The SMILES string of the molecule is CNC(=O)Nc1cc(F)c2c(c1O)C(O)=C1C(=O)[C@]3(O)C(O)=C(C(N)=O)C(=O)C[C@@H]3CC1C2. The molecule has 3 aliphatic carbocycles. The summed E-state index contributed by atoms with van der Waals surface area (Å²) in [4.78, 5) is 48.9. The highest BCUT2D eigenvalue weighted by atomic mass is 19.1. The molecule has 0 saturated heterocycles. The number of Topliss-reactive ketones (excluding diaryl/α,β-unsaturated/α-hetero) is 2. The van der Waals surface area contributed by atoms with Crippen LogP contribution in [0.2, 0.25) is 0 Å². The molecule has 1 fully saturated rings. The molecule has 1 unspecified atom stereocenters. The van der Waals surface area contributed by atoms with Crippen LogP contribution in [0.5, 0.6) is 5.75 Å². The van der Waals surface area contributed by atoms with Gasteiger partial charge in [0.1, 0.15) is 22.9 Å². The molecule has 0 spiro atoms. The number of hydrogen-bond donors (Lipinski definition) is 7. The molecule has 3 amide bonds. The van der Waals surface area contributed by atoms with E-state index in [2.05, 4.69) is 10.6 Å². The van der Waals surface area contributed by atoms with Crippen LogP contribution in [0.15, 0.2) is 23.0 Å². The molecule has 174 valence electrons. The van der Waals surface area contributed by atoms with Crippen LogP contribution in [-0.2, 0) is 20.8 Å². The highest BCUT2D eigenvalue weighted by Gasteiger charge is 2.60. The quantitative estimate of drug-likeness (QED) is 0.241. The largest absolute Gasteiger partial charge is 0.508 e. The lowest BCUT2D eigenvalue weighted by Crippen LogP contribution is -2.58. The highest BCUT2D eigenvalue weighted by Crippen LogP contribution is 2.52. The average Bonchev–Trinajstić information content (AvgIpc) is 2.73. The van der Waals surface area contributed by atoms with Crippen molar-refractivity contribution < 1.29 is 44.0 Å². The first kappa shape index (κ1) is 22.3. The molecule has 1 saturated carbocycles. The summed E-state index contributed by atoms with van der Waals surface area (Å²) in [6, 6.07) is 0.0813. The van der Waals surface area contributed by atoms with Gasteiger partial charge in [-0.2, -0.15) is 0 Å². The number of phenols is 1. The topological polar surface area (TPSA) is 199 Å². The summed E-state index contributed by atoms with van der Waals surface area (Å²) < 4.78 is 14.9. The van der Waals surface area contributed by atoms with E-state index in [1.165, 1.54) is 7.05 Å². The van der Waals surface area contributed by atoms with Crippen molar-refractivity contribution in [2.24, 2.45) is 17.6 Å². The molecule has 0 aromatic heterocycles. The normalized spacial score (nSPS) is 26.4. The van der Waals surface area contributed by atoms with Gasteiger partial charge in [-0.3, -0.25) is 14.4 Å². The second-order valence-corrected chi connectivity index (χ2v) is 8.22. The van der Waals surface area contributed by atoms with Crippen molar-refractivity contribution in [2.45, 2.75) is 24.9 Å². The Labute approximate surface area is 185 Å². The van der Waals surface area contributed by atoms with Crippen LogP contribution < -0.4 is 16.4 Å². The number of rotatable bonds is 2. The minimum atomic E-state index is -2.71. The van der Waals surface area contributed by atoms with E-state index in [4.69, 9.17) is 5.73 Å². The Hall–Kier alpha value is -3.93. The maximum atomic E-state index is 14.9. The van der Waals surface area contributed by atoms with Gasteiger partial charge in [0.15, 0.2) is 17.1 Å². The van der Waals surface area contributed by atoms with Gasteiger partial charge in [-0.05, 0) is 18.8 Å². The van der Waals surface area contributed by atoms with Gasteiger partial charge in [-0.1, -0.05) is 0 Å². The minimum Gasteiger partial charge on any atom is -0.508 e. The first-order valence-corrected chi connectivity index (χ1v) is 9.93. The minimum absolute atomic E-state index is 0.110. The molecule has 3 aliphatic rings. The molecule has 4 rings (SSSR count). The van der Waals surface area contributed by atoms with E-state index in [9.17, 15) is 44.0 Å². The van der Waals surface area contributed by atoms with E-state index in [-0.39, 0.29) is 24.1 Å². The average molecular weight is 461 g/mol. The zero-order chi connectivity index (χ0) is 24.4. The molecule has 0 heterocycles. The molecule has 11 nitrogen and oxygen atoms in total. The van der Waals surface area contributed by atoms with Crippen molar-refractivity contribution in [3.8, 4) is 5.75 Å². The van der Waals surface area contributed by atoms with Gasteiger partial charge in [0.2, 0.25) is 5.78 Å². The summed E-state index contributed by atoms with van der Waals surface area (Å²) in [6.45, 7) is 0. The Morgan fingerprint density at radius 3 is 2.48 bits per heavy atom. The third-order valence-electron chi connectivity index (χ3n) is 6.48. The van der Waals surface area contributed by atoms with Crippen molar-refractivity contribution in [2.75, 3.05) is 12.4 Å². The number of hydrogen-bond acceptors (Lipinski definition) is 8. The Balaban J connectivity index is 1.91. The molecule has 0 bridgehead atoms. The van der Waals surface area contributed by atoms with Gasteiger partial charge in [-0.25, -0.2) is 9.18 Å². The number of halogens is 1. The summed E-state index contributed by atoms with van der Waals surface area (Å²) in [7, 11) is 1.29. The number of primary amides is 1. The maximum Gasteiger partial charge on any atom is 0.319 e. The first-order valence-electron chi connectivity index (χ1n) is 9.93. The first-order chi connectivity index (χ1) is 15.4. The number of aliphatic hydroxyl groups is 3. The van der Waals surface area contributed by atoms with Crippen LogP contribution in [0.4, 0.5) is 14.9 Å². The number of aliphatic hydroxyl groups excluding tert-OH is 2. The highest BCUT2D eigenvalue weighted by molar-refractivity contribution is 6.22. The number of fused-ring (bicyclic) bond motifs is 3. The lowest BCUT2D eigenvalue weighted by molar-refractivity contribution is -0.147. The molecule has 8 N–H and O–H groups in total. The van der Waals surface area contributed by atoms with Gasteiger partial charge in [0.25, 0.3) is 5.91 Å². The maximum absolute atomic E-state index is 14.9. The Morgan fingerprint density at radius 1 is 1.21 bits per heavy atom. The van der Waals surface area contributed by atoms with Crippen LogP contribution in [0, 0.1) is 17.7 Å². The van der Waals surface area contributed by atoms with Crippen LogP contribution in [0.25, 0.3) is 5.76 Å². The van der Waals surface area contributed by atoms with Crippen LogP contribution in [-0.4, -0.2) is 56.6 Å². The van der Waals surface area contributed by atoms with Gasteiger partial charge in [-0.15, -0.1) is 0 Å². The number of nitrogens with two attached hydrogens (primary N) is 1. The predicted octanol–water partition coefficient (Wildman–Crippen LogP) is 0.314. The number of urea groups is 1. The van der Waals surface area contributed by atoms with Crippen molar-refractivity contribution in [3.63, 3.8) is 0 Å². The van der Waals surface area contributed by atoms with Crippen molar-refractivity contribution in [1.82, 2.24) is 5.32 Å². The van der Waals surface area contributed by atoms with Crippen LogP contribution in [0.1, 0.15) is 24.0 Å². The molecule has 1 aromatic rings. The fraction of sp³-hybridized carbons (Fsp3) is 0.333. The number of carbonyl (C=O) groups is 4. The van der Waals surface area contributed by atoms with E-state index in [0.717, 1.165) is 6.07 Å². The Bertz CT molecular complexity index is 1220. The summed E-state index contributed by atoms with van der Waals surface area (Å²) in [5.41, 5.74) is 0.160. The second kappa shape index (κ2) is 7.30. The van der Waals surface area contributed by atoms with Crippen LogP contribution in [0.3, 0.4) is 0 Å². The van der Waals surface area contributed by atoms with E-state index in [1.807, 2.05) is 0 Å². The predicted molar refractivity (Wildman–Crippen MR) is 109 cm³/mol. The van der Waals surface area contributed by atoms with Crippen molar-refractivity contribution in [1.29, 1.82) is 0 Å². The number of ketones is 2. The van der Waals surface area contributed by atoms with E-state index in [1.54, 1.807) is 0 Å². The number of benzene rings is 1. The summed E-state index contributed by atoms with van der Waals surface area (Å²) >= 11 is 0. The smallest absolute Gasteiger partial charge is 0.319 e. The number of nitrogens with one attached hydrogen (secondary N) is 2. The lowest BCUT2D eigenvalue weighted by atomic mass is 9.59. The third kappa shape index (κ3) is 2.98. The van der Waals surface area contributed by atoms with Crippen molar-refractivity contribution >= 4 is 35.0 Å². The molecular weight excluding hydrogens is 441 g/mol. The number of amides is 3. The van der Waals surface area contributed by atoms with E-state index in [0.29, 0.717) is 0 Å². The molecule has 12 heteroatoms. The van der Waals surface area contributed by atoms with Gasteiger partial charge < -0.3 is 36.8 Å². The lowest BCUT2D eigenvalue weighted by Gasteiger charge is -2.46. The third-order valence-corrected chi connectivity index (χ3v) is 6.48. The monoisotopic (exact) mass is 461 g/mol. The Morgan fingerprint density at radius 2 is 1.88 bits per heavy atom. The van der Waals surface area contributed by atoms with E-state index < -0.39 is 87.2 Å². The zero-order valence-electron chi connectivity index (χ0n) is 17.2. The fourth-order valence-electron chi connectivity index (χ4n) is 4.92. The molecule has 3 atom stereocenters. The summed E-state index contributed by atoms with van der Waals surface area (Å²) in [5, 5.41) is 47.5. The standard InChI is InChI=1S/C21H20FN3O8/c1-24-20(32)25-10-5-9(22)8-3-6-2-7-4-11(26)14(19(23)31)18(30)21(7,33)17(29)12(6)16(28)13(8)15(10)27/h5-7,27-28,30,33H,2-4H2,1H3,(H2,23,31)(H2,24,25,32)/t6?,7-,21-/m0/s1. The second-order valence-electron chi connectivity index (χ2n) is 8.22. The number of anilines is 1. The summed E-state index contributed by atoms with van der Waals surface area (Å²) in [6.07, 6.45) is -0.750. The molecule has 33 heavy (non-hydrogen) atoms. The molecule has 1 aromatic carbocycles. The summed E-state index contributed by atoms with van der Waals surface area (Å²) in [5.74, 6) is -8.98. The zero-order valence-corrected chi connectivity index (χ0v) is 17.2. The van der Waals surface area contributed by atoms with Gasteiger partial charge >= 0.3 is 6.03 Å². The van der Waals surface area contributed by atoms with Gasteiger partial charge in [0, 0.05) is 36.6 Å². The number of carbonyl (C=O) groups excluding carboxylic acids is 4. The number of aromatic hydroxyl groups is 1. The fourth-order valence-corrected chi connectivity index (χ4v) is 4.92. The molecule has 0 aliphatic heterocycles. The van der Waals surface area contributed by atoms with Crippen LogP contribution >= 0.6 is 0 Å². The molecular formula is C21H20FN3O8. The van der Waals surface area contributed by atoms with E-state index >= 15 is 0 Å². The molecule has 0 radical (unpaired) electrons. The van der Waals surface area contributed by atoms with Gasteiger partial charge in [0.05, 0.1) is 11.3 Å². The number of phenolic OH excluding ortho intramolecular Hbond substituents is 1. The Kier molecular flexibility index (Phi) is 4.93. The van der Waals surface area contributed by atoms with Crippen molar-refractivity contribution in [3.05, 3.63) is 39.9 Å².